The molecule has 2 aromatic rings. The van der Waals surface area contributed by atoms with Crippen LogP contribution in [0.25, 0.3) is 11.5 Å². The fourth-order valence-electron chi connectivity index (χ4n) is 3.25. The number of aryl methyl sites for hydroxylation is 1. The molecule has 1 unspecified atom stereocenters. The fraction of sp³-hybridized carbons (Fsp3) is 0.474. The van der Waals surface area contributed by atoms with Crippen LogP contribution in [0.2, 0.25) is 0 Å². The molecule has 1 N–H and O–H groups in total. The first-order valence-electron chi connectivity index (χ1n) is 9.10. The summed E-state index contributed by atoms with van der Waals surface area (Å²) in [4.78, 5) is 27.6. The van der Waals surface area contributed by atoms with E-state index in [4.69, 9.17) is 0 Å². The van der Waals surface area contributed by atoms with Crippen LogP contribution in [0.1, 0.15) is 24.1 Å². The molecule has 1 amide bonds. The van der Waals surface area contributed by atoms with E-state index in [9.17, 15) is 18.0 Å². The smallest absolute Gasteiger partial charge is 0.355 e. The van der Waals surface area contributed by atoms with Crippen LogP contribution in [0.15, 0.2) is 24.4 Å². The van der Waals surface area contributed by atoms with Gasteiger partial charge in [-0.1, -0.05) is 6.07 Å². The predicted molar refractivity (Wildman–Crippen MR) is 98.7 cm³/mol. The third-order valence-corrected chi connectivity index (χ3v) is 4.81. The van der Waals surface area contributed by atoms with E-state index in [-0.39, 0.29) is 0 Å². The summed E-state index contributed by atoms with van der Waals surface area (Å²) in [5, 5.41) is 1.99. The van der Waals surface area contributed by atoms with E-state index in [0.29, 0.717) is 43.3 Å². The zero-order chi connectivity index (χ0) is 20.3. The molecule has 150 valence electrons. The van der Waals surface area contributed by atoms with E-state index in [0.717, 1.165) is 11.3 Å². The van der Waals surface area contributed by atoms with Gasteiger partial charge in [-0.25, -0.2) is 9.97 Å². The van der Waals surface area contributed by atoms with Crippen molar-refractivity contribution in [3.63, 3.8) is 0 Å². The first-order chi connectivity index (χ1) is 13.2. The van der Waals surface area contributed by atoms with Gasteiger partial charge in [-0.3, -0.25) is 9.78 Å². The molecule has 1 fully saturated rings. The Morgan fingerprint density at radius 3 is 2.75 bits per heavy atom. The number of carbonyl (C=O) groups is 1. The quantitative estimate of drug-likeness (QED) is 0.865. The number of anilines is 1. The standard InChI is InChI=1S/C19H22F3N5O/c1-12-13(2)25-16(15-7-3-4-8-23-15)26-17(12)27-9-5-6-14(10-27)18(28)24-11-19(20,21)22/h3-4,7-8,14H,5-6,9-11H2,1-2H3,(H,24,28). The normalized spacial score (nSPS) is 17.5. The maximum Gasteiger partial charge on any atom is 0.405 e. The third-order valence-electron chi connectivity index (χ3n) is 4.81. The summed E-state index contributed by atoms with van der Waals surface area (Å²) in [5.41, 5.74) is 2.33. The summed E-state index contributed by atoms with van der Waals surface area (Å²) in [6, 6.07) is 5.47. The van der Waals surface area contributed by atoms with Crippen molar-refractivity contribution in [2.45, 2.75) is 32.9 Å². The lowest BCUT2D eigenvalue weighted by atomic mass is 9.96. The molecule has 3 heterocycles. The fourth-order valence-corrected chi connectivity index (χ4v) is 3.25. The lowest BCUT2D eigenvalue weighted by Gasteiger charge is -2.34. The summed E-state index contributed by atoms with van der Waals surface area (Å²) in [7, 11) is 0. The lowest BCUT2D eigenvalue weighted by Crippen LogP contribution is -2.45. The van der Waals surface area contributed by atoms with Crippen LogP contribution < -0.4 is 10.2 Å². The number of nitrogens with zero attached hydrogens (tertiary/aromatic N) is 4. The van der Waals surface area contributed by atoms with Crippen LogP contribution in [0.4, 0.5) is 19.0 Å². The second-order valence-electron chi connectivity index (χ2n) is 6.91. The van der Waals surface area contributed by atoms with E-state index < -0.39 is 24.5 Å². The Labute approximate surface area is 161 Å². The average Bonchev–Trinajstić information content (AvgIpc) is 2.68. The van der Waals surface area contributed by atoms with Gasteiger partial charge in [0.2, 0.25) is 5.91 Å². The maximum atomic E-state index is 12.4. The first-order valence-corrected chi connectivity index (χ1v) is 9.10. The Morgan fingerprint density at radius 2 is 2.07 bits per heavy atom. The minimum Gasteiger partial charge on any atom is -0.355 e. The monoisotopic (exact) mass is 393 g/mol. The molecule has 0 spiro atoms. The van der Waals surface area contributed by atoms with Crippen LogP contribution in [-0.4, -0.2) is 46.7 Å². The molecule has 0 aliphatic carbocycles. The number of alkyl halides is 3. The second-order valence-corrected chi connectivity index (χ2v) is 6.91. The number of piperidine rings is 1. The Hall–Kier alpha value is -2.71. The van der Waals surface area contributed by atoms with E-state index in [2.05, 4.69) is 15.0 Å². The second kappa shape index (κ2) is 8.12. The zero-order valence-electron chi connectivity index (χ0n) is 15.8. The molecule has 0 bridgehead atoms. The number of halogens is 3. The van der Waals surface area contributed by atoms with Crippen molar-refractivity contribution in [3.8, 4) is 11.5 Å². The van der Waals surface area contributed by atoms with Crippen molar-refractivity contribution in [3.05, 3.63) is 35.7 Å². The molecule has 9 heteroatoms. The van der Waals surface area contributed by atoms with Crippen LogP contribution in [0, 0.1) is 19.8 Å². The average molecular weight is 393 g/mol. The molecule has 1 atom stereocenters. The molecule has 0 saturated carbocycles. The molecule has 0 aromatic carbocycles. The topological polar surface area (TPSA) is 71.0 Å². The lowest BCUT2D eigenvalue weighted by molar-refractivity contribution is -0.140. The molecular formula is C19H22F3N5O. The number of aromatic nitrogens is 3. The number of hydrogen-bond acceptors (Lipinski definition) is 5. The van der Waals surface area contributed by atoms with Gasteiger partial charge in [0.25, 0.3) is 0 Å². The Bertz CT molecular complexity index is 841. The summed E-state index contributed by atoms with van der Waals surface area (Å²) in [6.07, 6.45) is -1.50. The highest BCUT2D eigenvalue weighted by Gasteiger charge is 2.32. The molecule has 1 saturated heterocycles. The molecule has 6 nitrogen and oxygen atoms in total. The SMILES string of the molecule is Cc1nc(-c2ccccn2)nc(N2CCCC(C(=O)NCC(F)(F)F)C2)c1C. The minimum atomic E-state index is -4.41. The number of hydrogen-bond donors (Lipinski definition) is 1. The first kappa shape index (κ1) is 20.0. The van der Waals surface area contributed by atoms with Gasteiger partial charge in [0, 0.05) is 30.5 Å². The van der Waals surface area contributed by atoms with Crippen LogP contribution in [-0.2, 0) is 4.79 Å². The van der Waals surface area contributed by atoms with E-state index >= 15 is 0 Å². The van der Waals surface area contributed by atoms with Crippen molar-refractivity contribution >= 4 is 11.7 Å². The molecule has 0 radical (unpaired) electrons. The highest BCUT2D eigenvalue weighted by atomic mass is 19.4. The van der Waals surface area contributed by atoms with Gasteiger partial charge >= 0.3 is 6.18 Å². The van der Waals surface area contributed by atoms with Crippen molar-refractivity contribution in [2.75, 3.05) is 24.5 Å². The number of rotatable bonds is 4. The predicted octanol–water partition coefficient (Wildman–Crippen LogP) is 3.05. The van der Waals surface area contributed by atoms with Crippen molar-refractivity contribution in [1.29, 1.82) is 0 Å². The van der Waals surface area contributed by atoms with Gasteiger partial charge in [0.1, 0.15) is 18.1 Å². The number of carbonyl (C=O) groups excluding carboxylic acids is 1. The van der Waals surface area contributed by atoms with Crippen LogP contribution in [0.3, 0.4) is 0 Å². The number of pyridine rings is 1. The van der Waals surface area contributed by atoms with Gasteiger partial charge in [0.15, 0.2) is 5.82 Å². The third kappa shape index (κ3) is 4.76. The van der Waals surface area contributed by atoms with E-state index in [1.165, 1.54) is 0 Å². The van der Waals surface area contributed by atoms with Crippen molar-refractivity contribution < 1.29 is 18.0 Å². The summed E-state index contributed by atoms with van der Waals surface area (Å²) in [6.45, 7) is 3.48. The maximum absolute atomic E-state index is 12.4. The van der Waals surface area contributed by atoms with Gasteiger partial charge in [0.05, 0.1) is 5.92 Å². The minimum absolute atomic E-state index is 0.322. The summed E-state index contributed by atoms with van der Waals surface area (Å²) in [5.74, 6) is 0.100. The molecular weight excluding hydrogens is 371 g/mol. The highest BCUT2D eigenvalue weighted by Crippen LogP contribution is 2.28. The van der Waals surface area contributed by atoms with Crippen LogP contribution >= 0.6 is 0 Å². The molecule has 1 aliphatic rings. The van der Waals surface area contributed by atoms with E-state index in [1.807, 2.05) is 36.2 Å². The van der Waals surface area contributed by atoms with Crippen molar-refractivity contribution in [1.82, 2.24) is 20.3 Å². The molecule has 3 rings (SSSR count). The molecule has 1 aliphatic heterocycles. The highest BCUT2D eigenvalue weighted by molar-refractivity contribution is 5.79. The Morgan fingerprint density at radius 1 is 1.29 bits per heavy atom. The molecule has 28 heavy (non-hydrogen) atoms. The van der Waals surface area contributed by atoms with Crippen molar-refractivity contribution in [2.24, 2.45) is 5.92 Å². The zero-order valence-corrected chi connectivity index (χ0v) is 15.8. The van der Waals surface area contributed by atoms with E-state index in [1.54, 1.807) is 12.3 Å². The van der Waals surface area contributed by atoms with Crippen LogP contribution in [0.5, 0.6) is 0 Å². The van der Waals surface area contributed by atoms with Gasteiger partial charge in [-0.15, -0.1) is 0 Å². The number of nitrogens with one attached hydrogen (secondary N) is 1. The Balaban J connectivity index is 1.81. The Kier molecular flexibility index (Phi) is 5.81. The largest absolute Gasteiger partial charge is 0.405 e. The van der Waals surface area contributed by atoms with Gasteiger partial charge < -0.3 is 10.2 Å². The molecule has 2 aromatic heterocycles. The summed E-state index contributed by atoms with van der Waals surface area (Å²) >= 11 is 0. The van der Waals surface area contributed by atoms with Gasteiger partial charge in [-0.05, 0) is 38.8 Å². The number of amides is 1. The van der Waals surface area contributed by atoms with Gasteiger partial charge in [-0.2, -0.15) is 13.2 Å². The summed E-state index contributed by atoms with van der Waals surface area (Å²) < 4.78 is 37.1.